The molecule has 4 rings (SSSR count). The summed E-state index contributed by atoms with van der Waals surface area (Å²) in [5.41, 5.74) is 2.02. The van der Waals surface area contributed by atoms with Crippen LogP contribution >= 0.6 is 0 Å². The normalized spacial score (nSPS) is 12.4. The second-order valence-electron chi connectivity index (χ2n) is 6.55. The van der Waals surface area contributed by atoms with Gasteiger partial charge in [-0.05, 0) is 48.9 Å². The number of hydrogen-bond acceptors (Lipinski definition) is 7. The zero-order chi connectivity index (χ0) is 21.5. The third-order valence-corrected chi connectivity index (χ3v) is 6.18. The molecule has 8 nitrogen and oxygen atoms in total. The van der Waals surface area contributed by atoms with E-state index in [1.165, 1.54) is 26.3 Å². The minimum absolute atomic E-state index is 0.0187. The molecule has 0 saturated heterocycles. The van der Waals surface area contributed by atoms with Crippen molar-refractivity contribution in [2.75, 3.05) is 11.8 Å². The molecule has 0 saturated carbocycles. The van der Waals surface area contributed by atoms with Gasteiger partial charge in [0.2, 0.25) is 0 Å². The van der Waals surface area contributed by atoms with Crippen LogP contribution in [0, 0.1) is 12.7 Å². The summed E-state index contributed by atoms with van der Waals surface area (Å²) in [6, 6.07) is 8.13. The second kappa shape index (κ2) is 7.38. The van der Waals surface area contributed by atoms with Crippen molar-refractivity contribution < 1.29 is 27.1 Å². The molecule has 1 aromatic heterocycles. The van der Waals surface area contributed by atoms with Crippen LogP contribution in [0.5, 0.6) is 5.75 Å². The number of nitrogens with zero attached hydrogens (tertiary/aromatic N) is 2. The molecular weight excluding hydrogens is 413 g/mol. The maximum atomic E-state index is 13.4. The predicted molar refractivity (Wildman–Crippen MR) is 105 cm³/mol. The van der Waals surface area contributed by atoms with Gasteiger partial charge in [0.25, 0.3) is 10.0 Å². The number of benzene rings is 2. The van der Waals surface area contributed by atoms with Crippen molar-refractivity contribution in [1.29, 1.82) is 0 Å². The molecule has 0 fully saturated rings. The molecule has 0 spiro atoms. The number of methoxy groups -OCH3 is 1. The van der Waals surface area contributed by atoms with E-state index in [0.29, 0.717) is 11.3 Å². The number of carbonyl (C=O) groups excluding carboxylic acids is 1. The molecule has 10 heteroatoms. The zero-order valence-corrected chi connectivity index (χ0v) is 16.8. The van der Waals surface area contributed by atoms with Crippen molar-refractivity contribution in [3.63, 3.8) is 0 Å². The van der Waals surface area contributed by atoms with Crippen molar-refractivity contribution in [3.8, 4) is 16.9 Å². The number of ether oxygens (including phenoxy) is 2. The number of aryl methyl sites for hydroxylation is 1. The summed E-state index contributed by atoms with van der Waals surface area (Å²) in [5.74, 6) is -1.14. The van der Waals surface area contributed by atoms with E-state index in [9.17, 15) is 17.6 Å². The van der Waals surface area contributed by atoms with Gasteiger partial charge < -0.3 is 9.47 Å². The van der Waals surface area contributed by atoms with Crippen molar-refractivity contribution >= 4 is 21.7 Å². The fourth-order valence-electron chi connectivity index (χ4n) is 3.30. The SMILES string of the molecule is COC(=O)c1c(NS(=O)(=O)c2ccc(F)cc2C)ccc2c1OCc1nnccc1-2. The monoisotopic (exact) mass is 429 g/mol. The Bertz CT molecular complexity index is 1280. The van der Waals surface area contributed by atoms with E-state index in [1.807, 2.05) is 0 Å². The average Bonchev–Trinajstić information content (AvgIpc) is 2.72. The van der Waals surface area contributed by atoms with Crippen LogP contribution in [0.15, 0.2) is 47.5 Å². The van der Waals surface area contributed by atoms with E-state index in [-0.39, 0.29) is 34.1 Å². The number of halogens is 1. The van der Waals surface area contributed by atoms with E-state index in [2.05, 4.69) is 14.9 Å². The van der Waals surface area contributed by atoms with Crippen LogP contribution in [0.25, 0.3) is 11.1 Å². The zero-order valence-electron chi connectivity index (χ0n) is 16.0. The number of carbonyl (C=O) groups is 1. The van der Waals surface area contributed by atoms with Crippen molar-refractivity contribution in [3.05, 3.63) is 65.2 Å². The lowest BCUT2D eigenvalue weighted by molar-refractivity contribution is 0.0596. The van der Waals surface area contributed by atoms with Gasteiger partial charge in [-0.25, -0.2) is 17.6 Å². The summed E-state index contributed by atoms with van der Waals surface area (Å²) in [6.07, 6.45) is 1.51. The molecule has 2 heterocycles. The highest BCUT2D eigenvalue weighted by Crippen LogP contribution is 2.42. The number of sulfonamides is 1. The molecule has 1 aliphatic heterocycles. The van der Waals surface area contributed by atoms with Crippen LogP contribution in [-0.2, 0) is 21.4 Å². The van der Waals surface area contributed by atoms with Gasteiger partial charge >= 0.3 is 5.97 Å². The Labute approximate surface area is 171 Å². The molecule has 1 N–H and O–H groups in total. The van der Waals surface area contributed by atoms with Gasteiger partial charge in [-0.3, -0.25) is 4.72 Å². The molecule has 0 aliphatic carbocycles. The fraction of sp³-hybridized carbons (Fsp3) is 0.150. The first-order chi connectivity index (χ1) is 14.3. The lowest BCUT2D eigenvalue weighted by Gasteiger charge is -2.23. The summed E-state index contributed by atoms with van der Waals surface area (Å²) in [4.78, 5) is 12.4. The quantitative estimate of drug-likeness (QED) is 0.635. The number of rotatable bonds is 4. The Balaban J connectivity index is 1.84. The Hall–Kier alpha value is -3.53. The van der Waals surface area contributed by atoms with E-state index in [4.69, 9.17) is 9.47 Å². The topological polar surface area (TPSA) is 107 Å². The maximum absolute atomic E-state index is 13.4. The number of nitrogens with one attached hydrogen (secondary N) is 1. The van der Waals surface area contributed by atoms with Gasteiger partial charge in [0.15, 0.2) is 0 Å². The highest BCUT2D eigenvalue weighted by Gasteiger charge is 2.29. The van der Waals surface area contributed by atoms with E-state index in [1.54, 1.807) is 12.1 Å². The summed E-state index contributed by atoms with van der Waals surface area (Å²) in [7, 11) is -2.93. The van der Waals surface area contributed by atoms with Crippen molar-refractivity contribution in [2.45, 2.75) is 18.4 Å². The molecule has 0 atom stereocenters. The van der Waals surface area contributed by atoms with Crippen LogP contribution in [0.4, 0.5) is 10.1 Å². The molecule has 0 bridgehead atoms. The van der Waals surface area contributed by atoms with Crippen molar-refractivity contribution in [2.24, 2.45) is 0 Å². The molecule has 30 heavy (non-hydrogen) atoms. The Morgan fingerprint density at radius 2 is 2.00 bits per heavy atom. The number of esters is 1. The first-order valence-corrected chi connectivity index (χ1v) is 10.3. The second-order valence-corrected chi connectivity index (χ2v) is 8.20. The Morgan fingerprint density at radius 1 is 1.20 bits per heavy atom. The lowest BCUT2D eigenvalue weighted by Crippen LogP contribution is -2.19. The van der Waals surface area contributed by atoms with Gasteiger partial charge in [-0.1, -0.05) is 0 Å². The minimum Gasteiger partial charge on any atom is -0.486 e. The van der Waals surface area contributed by atoms with E-state index >= 15 is 0 Å². The molecule has 0 amide bonds. The third-order valence-electron chi connectivity index (χ3n) is 4.66. The van der Waals surface area contributed by atoms with Gasteiger partial charge in [0, 0.05) is 11.1 Å². The largest absolute Gasteiger partial charge is 0.486 e. The lowest BCUT2D eigenvalue weighted by atomic mass is 9.97. The molecule has 1 aliphatic rings. The van der Waals surface area contributed by atoms with Gasteiger partial charge in [0.1, 0.15) is 29.4 Å². The summed E-state index contributed by atoms with van der Waals surface area (Å²) in [6.45, 7) is 1.54. The standard InChI is InChI=1S/C20H16FN3O5S/c1-11-9-12(21)3-6-17(11)30(26,27)24-15-5-4-14-13-7-8-22-23-16(13)10-29-19(14)18(15)20(25)28-2/h3-9,24H,10H2,1-2H3. The Kier molecular flexibility index (Phi) is 4.86. The smallest absolute Gasteiger partial charge is 0.343 e. The minimum atomic E-state index is -4.11. The van der Waals surface area contributed by atoms with Crippen molar-refractivity contribution in [1.82, 2.24) is 10.2 Å². The number of anilines is 1. The van der Waals surface area contributed by atoms with Gasteiger partial charge in [-0.15, -0.1) is 0 Å². The predicted octanol–water partition coefficient (Wildman–Crippen LogP) is 3.07. The molecular formula is C20H16FN3O5S. The van der Waals surface area contributed by atoms with Gasteiger partial charge in [0.05, 0.1) is 23.9 Å². The summed E-state index contributed by atoms with van der Waals surface area (Å²) in [5, 5.41) is 7.84. The highest BCUT2D eigenvalue weighted by molar-refractivity contribution is 7.92. The molecule has 0 unspecified atom stereocenters. The van der Waals surface area contributed by atoms with Crippen LogP contribution < -0.4 is 9.46 Å². The van der Waals surface area contributed by atoms with Gasteiger partial charge in [-0.2, -0.15) is 10.2 Å². The van der Waals surface area contributed by atoms with Crippen LogP contribution in [-0.4, -0.2) is 31.7 Å². The summed E-state index contributed by atoms with van der Waals surface area (Å²) < 4.78 is 52.2. The average molecular weight is 429 g/mol. The number of fused-ring (bicyclic) bond motifs is 3. The number of aromatic nitrogens is 2. The first-order valence-electron chi connectivity index (χ1n) is 8.80. The maximum Gasteiger partial charge on any atom is 0.343 e. The van der Waals surface area contributed by atoms with E-state index in [0.717, 1.165) is 23.8 Å². The third kappa shape index (κ3) is 3.35. The number of hydrogen-bond donors (Lipinski definition) is 1. The molecule has 2 aromatic carbocycles. The molecule has 0 radical (unpaired) electrons. The summed E-state index contributed by atoms with van der Waals surface area (Å²) >= 11 is 0. The first kappa shape index (κ1) is 19.8. The van der Waals surface area contributed by atoms with E-state index < -0.39 is 21.8 Å². The van der Waals surface area contributed by atoms with Crippen LogP contribution in [0.3, 0.4) is 0 Å². The molecule has 3 aromatic rings. The fourth-order valence-corrected chi connectivity index (χ4v) is 4.60. The highest BCUT2D eigenvalue weighted by atomic mass is 32.2. The Morgan fingerprint density at radius 3 is 2.73 bits per heavy atom. The molecule has 154 valence electrons. The van der Waals surface area contributed by atoms with Crippen LogP contribution in [0.1, 0.15) is 21.6 Å². The van der Waals surface area contributed by atoms with Crippen LogP contribution in [0.2, 0.25) is 0 Å².